The highest BCUT2D eigenvalue weighted by Crippen LogP contribution is 2.37. The molecule has 0 N–H and O–H groups in total. The van der Waals surface area contributed by atoms with Gasteiger partial charge in [-0.1, -0.05) is 36.4 Å². The van der Waals surface area contributed by atoms with Gasteiger partial charge in [-0.05, 0) is 72.8 Å². The van der Waals surface area contributed by atoms with Crippen LogP contribution in [0.5, 0.6) is 23.0 Å². The minimum absolute atomic E-state index is 0.241. The highest BCUT2D eigenvalue weighted by molar-refractivity contribution is 6.09. The molecule has 0 saturated carbocycles. The quantitative estimate of drug-likeness (QED) is 0.274. The number of benzene rings is 4. The van der Waals surface area contributed by atoms with Crippen LogP contribution in [0.15, 0.2) is 109 Å². The van der Waals surface area contributed by atoms with Crippen LogP contribution in [0.1, 0.15) is 0 Å². The Morgan fingerprint density at radius 2 is 1.26 bits per heavy atom. The molecular formula is C31H28N2O6. The van der Waals surface area contributed by atoms with Crippen LogP contribution in [0.4, 0.5) is 11.4 Å². The zero-order chi connectivity index (χ0) is 27.2. The first-order valence-corrected chi connectivity index (χ1v) is 12.4. The number of ether oxygens (including phenoxy) is 4. The van der Waals surface area contributed by atoms with E-state index < -0.39 is 12.3 Å². The SMILES string of the molecule is COc1ccc(N(C(=O)COc2ccccc2)[C@@H]2[C@@H](Oc3ccccc3)C(=O)N2c2ccc(OC)cc2)cc1. The van der Waals surface area contributed by atoms with Crippen LogP contribution in [-0.2, 0) is 9.59 Å². The maximum atomic E-state index is 13.8. The highest BCUT2D eigenvalue weighted by Gasteiger charge is 2.55. The fourth-order valence-electron chi connectivity index (χ4n) is 4.40. The minimum atomic E-state index is -0.947. The van der Waals surface area contributed by atoms with E-state index >= 15 is 0 Å². The number of β-lactam (4-membered cyclic amide) rings is 1. The lowest BCUT2D eigenvalue weighted by atomic mass is 10.0. The topological polar surface area (TPSA) is 77.5 Å². The molecule has 8 heteroatoms. The summed E-state index contributed by atoms with van der Waals surface area (Å²) in [7, 11) is 3.15. The van der Waals surface area contributed by atoms with Crippen molar-refractivity contribution in [3.8, 4) is 23.0 Å². The second-order valence-corrected chi connectivity index (χ2v) is 8.73. The summed E-state index contributed by atoms with van der Waals surface area (Å²) in [5.74, 6) is 1.76. The van der Waals surface area contributed by atoms with Gasteiger partial charge in [0, 0.05) is 11.4 Å². The molecule has 4 aromatic rings. The molecule has 1 aliphatic rings. The average Bonchev–Trinajstić information content (AvgIpc) is 3.00. The number of hydrogen-bond donors (Lipinski definition) is 0. The normalized spacial score (nSPS) is 16.2. The van der Waals surface area contributed by atoms with E-state index in [0.717, 1.165) is 0 Å². The molecule has 2 amide bonds. The van der Waals surface area contributed by atoms with E-state index in [0.29, 0.717) is 34.4 Å². The van der Waals surface area contributed by atoms with E-state index in [9.17, 15) is 9.59 Å². The Kier molecular flexibility index (Phi) is 7.63. The molecule has 1 aliphatic heterocycles. The summed E-state index contributed by atoms with van der Waals surface area (Å²) in [6.07, 6.45) is -1.73. The lowest BCUT2D eigenvalue weighted by Gasteiger charge is -2.50. The molecule has 0 unspecified atom stereocenters. The maximum Gasteiger partial charge on any atom is 0.274 e. The minimum Gasteiger partial charge on any atom is -0.497 e. The van der Waals surface area contributed by atoms with Gasteiger partial charge in [0.15, 0.2) is 12.8 Å². The highest BCUT2D eigenvalue weighted by atomic mass is 16.5. The summed E-state index contributed by atoms with van der Waals surface area (Å²) in [6.45, 7) is -0.241. The Bertz CT molecular complexity index is 1390. The predicted molar refractivity (Wildman–Crippen MR) is 148 cm³/mol. The van der Waals surface area contributed by atoms with Crippen LogP contribution in [0.3, 0.4) is 0 Å². The first-order valence-electron chi connectivity index (χ1n) is 12.4. The molecule has 8 nitrogen and oxygen atoms in total. The molecule has 0 aromatic heterocycles. The maximum absolute atomic E-state index is 13.8. The third kappa shape index (κ3) is 5.50. The number of para-hydroxylation sites is 2. The van der Waals surface area contributed by atoms with Crippen molar-refractivity contribution in [2.24, 2.45) is 0 Å². The number of amides is 2. The summed E-state index contributed by atoms with van der Waals surface area (Å²) in [6, 6.07) is 32.3. The molecule has 198 valence electrons. The summed E-state index contributed by atoms with van der Waals surface area (Å²) in [5, 5.41) is 0. The van der Waals surface area contributed by atoms with Crippen molar-refractivity contribution in [1.82, 2.24) is 0 Å². The van der Waals surface area contributed by atoms with Gasteiger partial charge >= 0.3 is 0 Å². The first kappa shape index (κ1) is 25.7. The zero-order valence-electron chi connectivity index (χ0n) is 21.6. The van der Waals surface area contributed by atoms with E-state index in [-0.39, 0.29) is 18.4 Å². The second-order valence-electron chi connectivity index (χ2n) is 8.73. The van der Waals surface area contributed by atoms with E-state index in [1.54, 1.807) is 96.8 Å². The molecule has 0 bridgehead atoms. The Hall–Kier alpha value is -4.98. The van der Waals surface area contributed by atoms with Crippen molar-refractivity contribution < 1.29 is 28.5 Å². The lowest BCUT2D eigenvalue weighted by Crippen LogP contribution is -2.75. The van der Waals surface area contributed by atoms with Crippen molar-refractivity contribution in [2.75, 3.05) is 30.6 Å². The van der Waals surface area contributed by atoms with Crippen molar-refractivity contribution >= 4 is 23.2 Å². The summed E-state index contributed by atoms with van der Waals surface area (Å²) in [4.78, 5) is 30.5. The van der Waals surface area contributed by atoms with Gasteiger partial charge in [0.25, 0.3) is 11.8 Å². The fourth-order valence-corrected chi connectivity index (χ4v) is 4.40. The Balaban J connectivity index is 1.53. The number of nitrogens with zero attached hydrogens (tertiary/aromatic N) is 2. The van der Waals surface area contributed by atoms with Crippen LogP contribution in [0.25, 0.3) is 0 Å². The number of carbonyl (C=O) groups is 2. The Morgan fingerprint density at radius 3 is 1.82 bits per heavy atom. The molecule has 4 aromatic carbocycles. The zero-order valence-corrected chi connectivity index (χ0v) is 21.6. The van der Waals surface area contributed by atoms with Gasteiger partial charge in [-0.3, -0.25) is 19.4 Å². The second kappa shape index (κ2) is 11.6. The smallest absolute Gasteiger partial charge is 0.274 e. The molecule has 1 saturated heterocycles. The molecule has 0 spiro atoms. The van der Waals surface area contributed by atoms with Gasteiger partial charge in [0.1, 0.15) is 23.0 Å². The largest absolute Gasteiger partial charge is 0.497 e. The molecule has 0 radical (unpaired) electrons. The number of anilines is 2. The van der Waals surface area contributed by atoms with Crippen LogP contribution >= 0.6 is 0 Å². The van der Waals surface area contributed by atoms with Crippen molar-refractivity contribution in [3.05, 3.63) is 109 Å². The molecule has 39 heavy (non-hydrogen) atoms. The molecule has 2 atom stereocenters. The third-order valence-corrected chi connectivity index (χ3v) is 6.36. The molecule has 0 aliphatic carbocycles. The van der Waals surface area contributed by atoms with E-state index in [4.69, 9.17) is 18.9 Å². The van der Waals surface area contributed by atoms with Crippen molar-refractivity contribution in [2.45, 2.75) is 12.3 Å². The van der Waals surface area contributed by atoms with Crippen LogP contribution < -0.4 is 28.7 Å². The summed E-state index contributed by atoms with van der Waals surface area (Å²) >= 11 is 0. The van der Waals surface area contributed by atoms with Gasteiger partial charge in [-0.25, -0.2) is 0 Å². The van der Waals surface area contributed by atoms with E-state index in [2.05, 4.69) is 0 Å². The number of hydrogen-bond acceptors (Lipinski definition) is 6. The Labute approximate surface area is 226 Å². The first-order chi connectivity index (χ1) is 19.1. The molecular weight excluding hydrogens is 496 g/mol. The van der Waals surface area contributed by atoms with Crippen LogP contribution in [0, 0.1) is 0 Å². The van der Waals surface area contributed by atoms with Gasteiger partial charge in [-0.15, -0.1) is 0 Å². The Morgan fingerprint density at radius 1 is 0.718 bits per heavy atom. The van der Waals surface area contributed by atoms with Crippen molar-refractivity contribution in [3.63, 3.8) is 0 Å². The molecule has 1 fully saturated rings. The van der Waals surface area contributed by atoms with E-state index in [1.165, 1.54) is 0 Å². The van der Waals surface area contributed by atoms with Crippen molar-refractivity contribution in [1.29, 1.82) is 0 Å². The third-order valence-electron chi connectivity index (χ3n) is 6.36. The molecule has 5 rings (SSSR count). The predicted octanol–water partition coefficient (Wildman–Crippen LogP) is 4.94. The number of rotatable bonds is 10. The van der Waals surface area contributed by atoms with Crippen LogP contribution in [-0.4, -0.2) is 44.9 Å². The van der Waals surface area contributed by atoms with Crippen LogP contribution in [0.2, 0.25) is 0 Å². The standard InChI is InChI=1S/C31H28N2O6/c1-36-24-17-13-22(14-18-24)32(28(34)21-38-26-9-5-3-6-10-26)30-29(39-27-11-7-4-8-12-27)31(35)33(30)23-15-19-25(37-2)20-16-23/h3-20,29-30H,21H2,1-2H3/t29-,30+/m1/s1. The summed E-state index contributed by atoms with van der Waals surface area (Å²) < 4.78 is 22.6. The fraction of sp³-hybridized carbons (Fsp3) is 0.161. The van der Waals surface area contributed by atoms with Gasteiger partial charge in [0.05, 0.1) is 14.2 Å². The average molecular weight is 525 g/mol. The number of methoxy groups -OCH3 is 2. The summed E-state index contributed by atoms with van der Waals surface area (Å²) in [5.41, 5.74) is 1.17. The lowest BCUT2D eigenvalue weighted by molar-refractivity contribution is -0.136. The monoisotopic (exact) mass is 524 g/mol. The number of carbonyl (C=O) groups excluding carboxylic acids is 2. The van der Waals surface area contributed by atoms with Gasteiger partial charge in [-0.2, -0.15) is 0 Å². The van der Waals surface area contributed by atoms with Gasteiger partial charge < -0.3 is 18.9 Å². The van der Waals surface area contributed by atoms with Gasteiger partial charge in [0.2, 0.25) is 6.10 Å². The molecule has 1 heterocycles. The van der Waals surface area contributed by atoms with E-state index in [1.807, 2.05) is 36.4 Å².